The Morgan fingerprint density at radius 3 is 2.34 bits per heavy atom. The number of aliphatic hydroxyl groups is 1. The number of esters is 1. The monoisotopic (exact) mass is 476 g/mol. The lowest BCUT2D eigenvalue weighted by atomic mass is 9.97. The van der Waals surface area contributed by atoms with Gasteiger partial charge in [0, 0.05) is 32.9 Å². The van der Waals surface area contributed by atoms with Gasteiger partial charge in [-0.1, -0.05) is 42.5 Å². The summed E-state index contributed by atoms with van der Waals surface area (Å²) < 4.78 is 5.44. The average Bonchev–Trinajstić information content (AvgIpc) is 2.83. The minimum Gasteiger partial charge on any atom is -0.426 e. The second-order valence-corrected chi connectivity index (χ2v) is 9.61. The van der Waals surface area contributed by atoms with E-state index in [1.54, 1.807) is 57.0 Å². The van der Waals surface area contributed by atoms with Gasteiger partial charge < -0.3 is 19.6 Å². The predicted octanol–water partition coefficient (Wildman–Crippen LogP) is 3.97. The van der Waals surface area contributed by atoms with Gasteiger partial charge in [0.25, 0.3) is 5.91 Å². The van der Waals surface area contributed by atoms with E-state index in [1.165, 1.54) is 11.1 Å². The second kappa shape index (κ2) is 10.7. The van der Waals surface area contributed by atoms with Crippen molar-refractivity contribution in [2.24, 2.45) is 5.41 Å². The van der Waals surface area contributed by atoms with Crippen LogP contribution in [0.2, 0.25) is 0 Å². The first-order valence-corrected chi connectivity index (χ1v) is 11.3. The molecule has 0 aliphatic rings. The van der Waals surface area contributed by atoms with Gasteiger partial charge in [-0.3, -0.25) is 9.59 Å². The predicted molar refractivity (Wildman–Crippen MR) is 135 cm³/mol. The third-order valence-corrected chi connectivity index (χ3v) is 5.31. The molecular weight excluding hydrogens is 444 g/mol. The van der Waals surface area contributed by atoms with Gasteiger partial charge in [0.2, 0.25) is 5.95 Å². The van der Waals surface area contributed by atoms with Gasteiger partial charge in [0.15, 0.2) is 0 Å². The molecule has 0 aliphatic carbocycles. The summed E-state index contributed by atoms with van der Waals surface area (Å²) in [6.07, 6.45) is 0.530. The number of carbonyl (C=O) groups excluding carboxylic acids is 2. The highest BCUT2D eigenvalue weighted by Gasteiger charge is 2.25. The van der Waals surface area contributed by atoms with Gasteiger partial charge in [0.1, 0.15) is 5.75 Å². The van der Waals surface area contributed by atoms with Gasteiger partial charge in [-0.15, -0.1) is 0 Å². The number of carbonyl (C=O) groups is 2. The summed E-state index contributed by atoms with van der Waals surface area (Å²) in [6, 6.07) is 16.1. The first-order valence-electron chi connectivity index (χ1n) is 11.3. The van der Waals surface area contributed by atoms with Crippen LogP contribution in [0, 0.1) is 5.41 Å². The minimum absolute atomic E-state index is 0.0269. The van der Waals surface area contributed by atoms with Crippen molar-refractivity contribution in [1.82, 2.24) is 14.9 Å². The molecule has 0 saturated carbocycles. The van der Waals surface area contributed by atoms with Crippen molar-refractivity contribution in [1.29, 1.82) is 0 Å². The molecule has 1 unspecified atom stereocenters. The summed E-state index contributed by atoms with van der Waals surface area (Å²) in [6.45, 7) is 5.34. The SMILES string of the molecule is CN(CC(O)c1cccc(OC(=O)C(C)(C)C)c1)C(=O)c1cnc(N(C)C)nc1-c1ccccc1. The molecule has 0 bridgehead atoms. The Hall–Kier alpha value is -3.78. The summed E-state index contributed by atoms with van der Waals surface area (Å²) in [4.78, 5) is 37.7. The molecule has 1 amide bonds. The molecule has 0 radical (unpaired) electrons. The number of hydrogen-bond donors (Lipinski definition) is 1. The van der Waals surface area contributed by atoms with E-state index in [0.717, 1.165) is 5.56 Å². The smallest absolute Gasteiger partial charge is 0.316 e. The first kappa shape index (κ1) is 25.8. The first-order chi connectivity index (χ1) is 16.5. The van der Waals surface area contributed by atoms with Crippen molar-refractivity contribution in [3.63, 3.8) is 0 Å². The molecule has 0 spiro atoms. The molecule has 0 saturated heterocycles. The molecule has 0 aliphatic heterocycles. The lowest BCUT2D eigenvalue weighted by Crippen LogP contribution is -2.32. The van der Waals surface area contributed by atoms with Gasteiger partial charge in [-0.25, -0.2) is 9.97 Å². The number of benzene rings is 2. The Bertz CT molecular complexity index is 1190. The largest absolute Gasteiger partial charge is 0.426 e. The number of hydrogen-bond acceptors (Lipinski definition) is 7. The van der Waals surface area contributed by atoms with Crippen LogP contribution in [-0.4, -0.2) is 59.5 Å². The number of anilines is 1. The van der Waals surface area contributed by atoms with E-state index in [1.807, 2.05) is 44.4 Å². The zero-order valence-corrected chi connectivity index (χ0v) is 21.0. The van der Waals surface area contributed by atoms with Crippen LogP contribution >= 0.6 is 0 Å². The maximum Gasteiger partial charge on any atom is 0.316 e. The highest BCUT2D eigenvalue weighted by Crippen LogP contribution is 2.26. The van der Waals surface area contributed by atoms with Gasteiger partial charge in [0.05, 0.1) is 29.3 Å². The molecule has 3 rings (SSSR count). The Morgan fingerprint density at radius 2 is 1.71 bits per heavy atom. The maximum atomic E-state index is 13.4. The molecule has 1 atom stereocenters. The number of aromatic nitrogens is 2. The molecule has 8 heteroatoms. The van der Waals surface area contributed by atoms with Crippen LogP contribution in [0.5, 0.6) is 5.75 Å². The minimum atomic E-state index is -0.987. The van der Waals surface area contributed by atoms with E-state index < -0.39 is 11.5 Å². The molecule has 1 heterocycles. The molecule has 3 aromatic rings. The van der Waals surface area contributed by atoms with Crippen molar-refractivity contribution in [3.8, 4) is 17.0 Å². The second-order valence-electron chi connectivity index (χ2n) is 9.61. The van der Waals surface area contributed by atoms with Crippen molar-refractivity contribution < 1.29 is 19.4 Å². The summed E-state index contributed by atoms with van der Waals surface area (Å²) in [5.41, 5.74) is 1.54. The van der Waals surface area contributed by atoms with E-state index in [2.05, 4.69) is 9.97 Å². The lowest BCUT2D eigenvalue weighted by molar-refractivity contribution is -0.143. The molecule has 8 nitrogen and oxygen atoms in total. The number of ether oxygens (including phenoxy) is 1. The standard InChI is InChI=1S/C27H32N4O4/c1-27(2,3)25(34)35-20-14-10-13-19(15-20)22(32)17-31(6)24(33)21-16-28-26(30(4)5)29-23(21)18-11-8-7-9-12-18/h7-16,22,32H,17H2,1-6H3. The van der Waals surface area contributed by atoms with Gasteiger partial charge in [-0.05, 0) is 38.5 Å². The van der Waals surface area contributed by atoms with Crippen LogP contribution in [-0.2, 0) is 4.79 Å². The third kappa shape index (κ3) is 6.42. The summed E-state index contributed by atoms with van der Waals surface area (Å²) in [5.74, 6) is 0.147. The van der Waals surface area contributed by atoms with Gasteiger partial charge in [-0.2, -0.15) is 0 Å². The third-order valence-electron chi connectivity index (χ3n) is 5.31. The van der Waals surface area contributed by atoms with Crippen LogP contribution in [0.25, 0.3) is 11.3 Å². The van der Waals surface area contributed by atoms with E-state index in [-0.39, 0.29) is 18.4 Å². The van der Waals surface area contributed by atoms with Crippen molar-refractivity contribution in [3.05, 3.63) is 71.9 Å². The summed E-state index contributed by atoms with van der Waals surface area (Å²) >= 11 is 0. The molecule has 184 valence electrons. The topological polar surface area (TPSA) is 95.9 Å². The Labute approximate surface area is 206 Å². The zero-order chi connectivity index (χ0) is 25.8. The Morgan fingerprint density at radius 1 is 1.03 bits per heavy atom. The van der Waals surface area contributed by atoms with Crippen LogP contribution in [0.3, 0.4) is 0 Å². The van der Waals surface area contributed by atoms with E-state index >= 15 is 0 Å². The van der Waals surface area contributed by atoms with Gasteiger partial charge >= 0.3 is 5.97 Å². The Balaban J connectivity index is 1.81. The van der Waals surface area contributed by atoms with Crippen molar-refractivity contribution in [2.45, 2.75) is 26.9 Å². The lowest BCUT2D eigenvalue weighted by Gasteiger charge is -2.23. The molecule has 2 aromatic carbocycles. The van der Waals surface area contributed by atoms with E-state index in [4.69, 9.17) is 4.74 Å². The quantitative estimate of drug-likeness (QED) is 0.407. The highest BCUT2D eigenvalue weighted by molar-refractivity contribution is 5.99. The number of aliphatic hydroxyl groups excluding tert-OH is 1. The molecule has 35 heavy (non-hydrogen) atoms. The number of likely N-dealkylation sites (N-methyl/N-ethyl adjacent to an activating group) is 1. The fourth-order valence-corrected chi connectivity index (χ4v) is 3.26. The fourth-order valence-electron chi connectivity index (χ4n) is 3.26. The maximum absolute atomic E-state index is 13.4. The van der Waals surface area contributed by atoms with E-state index in [0.29, 0.717) is 28.5 Å². The summed E-state index contributed by atoms with van der Waals surface area (Å²) in [5, 5.41) is 10.8. The van der Waals surface area contributed by atoms with Crippen LogP contribution in [0.15, 0.2) is 60.8 Å². The average molecular weight is 477 g/mol. The normalized spacial score (nSPS) is 12.1. The van der Waals surface area contributed by atoms with E-state index in [9.17, 15) is 14.7 Å². The van der Waals surface area contributed by atoms with Crippen LogP contribution in [0.1, 0.15) is 42.8 Å². The molecule has 1 N–H and O–H groups in total. The fraction of sp³-hybridized carbons (Fsp3) is 0.333. The van der Waals surface area contributed by atoms with Crippen molar-refractivity contribution >= 4 is 17.8 Å². The highest BCUT2D eigenvalue weighted by atomic mass is 16.5. The number of nitrogens with zero attached hydrogens (tertiary/aromatic N) is 4. The number of amides is 1. The van der Waals surface area contributed by atoms with Crippen LogP contribution in [0.4, 0.5) is 5.95 Å². The van der Waals surface area contributed by atoms with Crippen molar-refractivity contribution in [2.75, 3.05) is 32.6 Å². The summed E-state index contributed by atoms with van der Waals surface area (Å²) in [7, 11) is 5.28. The molecule has 0 fully saturated rings. The zero-order valence-electron chi connectivity index (χ0n) is 21.0. The molecular formula is C27H32N4O4. The number of rotatable bonds is 7. The Kier molecular flexibility index (Phi) is 7.86. The van der Waals surface area contributed by atoms with Crippen LogP contribution < -0.4 is 9.64 Å². The molecule has 1 aromatic heterocycles.